The molecule has 0 aliphatic carbocycles. The number of furan rings is 1. The van der Waals surface area contributed by atoms with E-state index >= 15 is 0 Å². The molecule has 0 N–H and O–H groups in total. The molecule has 0 radical (unpaired) electrons. The van der Waals surface area contributed by atoms with E-state index in [1.54, 1.807) is 13.4 Å². The summed E-state index contributed by atoms with van der Waals surface area (Å²) >= 11 is 3.51. The van der Waals surface area contributed by atoms with Gasteiger partial charge in [0.25, 0.3) is 0 Å². The first-order chi connectivity index (χ1) is 11.2. The monoisotopic (exact) mass is 367 g/mol. The van der Waals surface area contributed by atoms with Crippen LogP contribution in [0.1, 0.15) is 11.1 Å². The van der Waals surface area contributed by atoms with Crippen molar-refractivity contribution in [3.8, 4) is 5.88 Å². The van der Waals surface area contributed by atoms with Gasteiger partial charge in [0.05, 0.1) is 18.9 Å². The van der Waals surface area contributed by atoms with Gasteiger partial charge in [-0.25, -0.2) is 4.98 Å². The standard InChI is InChI=1S/C19H14BrNO2/c1-22-19-15(10-14-11-16(20)5-6-17(14)21-19)9-13-4-2-3-12-7-8-23-18(12)13/h2-8,10-11H,9H2,1H3. The highest BCUT2D eigenvalue weighted by Crippen LogP contribution is 2.29. The number of para-hydroxylation sites is 1. The highest BCUT2D eigenvalue weighted by molar-refractivity contribution is 9.10. The van der Waals surface area contributed by atoms with E-state index in [1.165, 1.54) is 0 Å². The number of nitrogens with zero attached hydrogens (tertiary/aromatic N) is 1. The normalized spacial score (nSPS) is 11.2. The third-order valence-corrected chi connectivity index (χ3v) is 4.44. The Bertz CT molecular complexity index is 1010. The van der Waals surface area contributed by atoms with Crippen molar-refractivity contribution in [3.05, 3.63) is 70.4 Å². The molecule has 0 unspecified atom stereocenters. The lowest BCUT2D eigenvalue weighted by Crippen LogP contribution is -1.97. The average molecular weight is 368 g/mol. The summed E-state index contributed by atoms with van der Waals surface area (Å²) < 4.78 is 12.2. The lowest BCUT2D eigenvalue weighted by molar-refractivity contribution is 0.395. The zero-order valence-corrected chi connectivity index (χ0v) is 14.1. The Balaban J connectivity index is 1.85. The van der Waals surface area contributed by atoms with Crippen molar-refractivity contribution in [1.82, 2.24) is 4.98 Å². The second-order valence-electron chi connectivity index (χ2n) is 5.43. The molecule has 2 heterocycles. The Kier molecular flexibility index (Phi) is 3.54. The fourth-order valence-corrected chi connectivity index (χ4v) is 3.26. The van der Waals surface area contributed by atoms with Gasteiger partial charge in [0.1, 0.15) is 5.58 Å². The Hall–Kier alpha value is -2.33. The Morgan fingerprint density at radius 3 is 2.83 bits per heavy atom. The molecule has 114 valence electrons. The van der Waals surface area contributed by atoms with Gasteiger partial charge in [0, 0.05) is 27.2 Å². The minimum atomic E-state index is 0.656. The fourth-order valence-electron chi connectivity index (χ4n) is 2.88. The summed E-state index contributed by atoms with van der Waals surface area (Å²) in [6.45, 7) is 0. The molecule has 3 nitrogen and oxygen atoms in total. The molecule has 0 aliphatic heterocycles. The topological polar surface area (TPSA) is 35.3 Å². The maximum atomic E-state index is 5.63. The Morgan fingerprint density at radius 1 is 1.04 bits per heavy atom. The van der Waals surface area contributed by atoms with Crippen LogP contribution in [0.3, 0.4) is 0 Å². The van der Waals surface area contributed by atoms with Crippen LogP contribution >= 0.6 is 15.9 Å². The quantitative estimate of drug-likeness (QED) is 0.489. The molecule has 0 spiro atoms. The average Bonchev–Trinajstić information content (AvgIpc) is 3.04. The zero-order chi connectivity index (χ0) is 15.8. The van der Waals surface area contributed by atoms with Crippen molar-refractivity contribution in [3.63, 3.8) is 0 Å². The van der Waals surface area contributed by atoms with Gasteiger partial charge in [-0.3, -0.25) is 0 Å². The van der Waals surface area contributed by atoms with Gasteiger partial charge in [-0.2, -0.15) is 0 Å². The first-order valence-corrected chi connectivity index (χ1v) is 8.12. The molecule has 0 fully saturated rings. The predicted octanol–water partition coefficient (Wildman–Crippen LogP) is 5.34. The lowest BCUT2D eigenvalue weighted by Gasteiger charge is -2.10. The molecule has 0 saturated carbocycles. The number of hydrogen-bond donors (Lipinski definition) is 0. The Morgan fingerprint density at radius 2 is 1.96 bits per heavy atom. The summed E-state index contributed by atoms with van der Waals surface area (Å²) in [5.41, 5.74) is 4.01. The van der Waals surface area contributed by atoms with Crippen LogP contribution in [-0.2, 0) is 6.42 Å². The van der Waals surface area contributed by atoms with Crippen LogP contribution in [0.15, 0.2) is 63.7 Å². The third kappa shape index (κ3) is 2.59. The van der Waals surface area contributed by atoms with Gasteiger partial charge in [0.2, 0.25) is 5.88 Å². The smallest absolute Gasteiger partial charge is 0.217 e. The van der Waals surface area contributed by atoms with Crippen LogP contribution in [-0.4, -0.2) is 12.1 Å². The van der Waals surface area contributed by atoms with Crippen LogP contribution < -0.4 is 4.74 Å². The van der Waals surface area contributed by atoms with E-state index in [-0.39, 0.29) is 0 Å². The number of halogens is 1. The molecule has 0 amide bonds. The molecule has 4 heteroatoms. The van der Waals surface area contributed by atoms with Gasteiger partial charge in [-0.15, -0.1) is 0 Å². The second kappa shape index (κ2) is 5.70. The van der Waals surface area contributed by atoms with Crippen LogP contribution in [0.25, 0.3) is 21.9 Å². The molecule has 2 aromatic carbocycles. The van der Waals surface area contributed by atoms with Crippen LogP contribution in [0.2, 0.25) is 0 Å². The first-order valence-electron chi connectivity index (χ1n) is 7.33. The van der Waals surface area contributed by atoms with Gasteiger partial charge < -0.3 is 9.15 Å². The van der Waals surface area contributed by atoms with Crippen molar-refractivity contribution in [2.75, 3.05) is 7.11 Å². The maximum absolute atomic E-state index is 5.63. The summed E-state index contributed by atoms with van der Waals surface area (Å²) in [7, 11) is 1.66. The second-order valence-corrected chi connectivity index (χ2v) is 6.34. The fraction of sp³-hybridized carbons (Fsp3) is 0.105. The number of benzene rings is 2. The van der Waals surface area contributed by atoms with E-state index in [0.717, 1.165) is 37.5 Å². The van der Waals surface area contributed by atoms with Gasteiger partial charge in [0.15, 0.2) is 0 Å². The minimum Gasteiger partial charge on any atom is -0.481 e. The Labute approximate surface area is 142 Å². The minimum absolute atomic E-state index is 0.656. The number of fused-ring (bicyclic) bond motifs is 2. The van der Waals surface area contributed by atoms with Gasteiger partial charge in [-0.05, 0) is 35.9 Å². The third-order valence-electron chi connectivity index (χ3n) is 3.95. The SMILES string of the molecule is COc1nc2ccc(Br)cc2cc1Cc1cccc2ccoc12. The van der Waals surface area contributed by atoms with E-state index in [2.05, 4.69) is 45.2 Å². The number of aromatic nitrogens is 1. The largest absolute Gasteiger partial charge is 0.481 e. The summed E-state index contributed by atoms with van der Waals surface area (Å²) in [6, 6.07) is 16.3. The number of ether oxygens (including phenoxy) is 1. The number of methoxy groups -OCH3 is 1. The maximum Gasteiger partial charge on any atom is 0.217 e. The van der Waals surface area contributed by atoms with Gasteiger partial charge >= 0.3 is 0 Å². The molecular formula is C19H14BrNO2. The van der Waals surface area contributed by atoms with Crippen molar-refractivity contribution < 1.29 is 9.15 Å². The molecule has 0 atom stereocenters. The van der Waals surface area contributed by atoms with E-state index in [9.17, 15) is 0 Å². The van der Waals surface area contributed by atoms with Crippen LogP contribution in [0.4, 0.5) is 0 Å². The first kappa shape index (κ1) is 14.3. The molecular weight excluding hydrogens is 354 g/mol. The van der Waals surface area contributed by atoms with E-state index in [4.69, 9.17) is 9.15 Å². The lowest BCUT2D eigenvalue weighted by atomic mass is 10.0. The summed E-state index contributed by atoms with van der Waals surface area (Å²) in [4.78, 5) is 4.62. The molecule has 23 heavy (non-hydrogen) atoms. The zero-order valence-electron chi connectivity index (χ0n) is 12.5. The van der Waals surface area contributed by atoms with E-state index in [0.29, 0.717) is 12.3 Å². The molecule has 2 aromatic heterocycles. The summed E-state index contributed by atoms with van der Waals surface area (Å²) in [5, 5.41) is 2.19. The number of rotatable bonds is 3. The predicted molar refractivity (Wildman–Crippen MR) is 95.0 cm³/mol. The molecule has 0 aliphatic rings. The number of hydrogen-bond acceptors (Lipinski definition) is 3. The number of pyridine rings is 1. The van der Waals surface area contributed by atoms with Crippen LogP contribution in [0.5, 0.6) is 5.88 Å². The molecule has 4 aromatic rings. The highest BCUT2D eigenvalue weighted by atomic mass is 79.9. The van der Waals surface area contributed by atoms with E-state index in [1.807, 2.05) is 24.3 Å². The molecule has 0 bridgehead atoms. The molecule has 4 rings (SSSR count). The summed E-state index contributed by atoms with van der Waals surface area (Å²) in [5.74, 6) is 0.656. The molecule has 0 saturated heterocycles. The van der Waals surface area contributed by atoms with Crippen molar-refractivity contribution in [2.45, 2.75) is 6.42 Å². The summed E-state index contributed by atoms with van der Waals surface area (Å²) in [6.07, 6.45) is 2.44. The van der Waals surface area contributed by atoms with Crippen molar-refractivity contribution in [1.29, 1.82) is 0 Å². The van der Waals surface area contributed by atoms with Crippen molar-refractivity contribution in [2.24, 2.45) is 0 Å². The highest BCUT2D eigenvalue weighted by Gasteiger charge is 2.12. The van der Waals surface area contributed by atoms with E-state index < -0.39 is 0 Å². The van der Waals surface area contributed by atoms with Crippen molar-refractivity contribution >= 4 is 37.8 Å². The van der Waals surface area contributed by atoms with Crippen LogP contribution in [0, 0.1) is 0 Å². The van der Waals surface area contributed by atoms with Gasteiger partial charge in [-0.1, -0.05) is 34.1 Å².